The molecule has 0 bridgehead atoms. The van der Waals surface area contributed by atoms with Crippen molar-refractivity contribution in [1.82, 2.24) is 10.3 Å². The van der Waals surface area contributed by atoms with E-state index in [1.165, 1.54) is 19.8 Å². The molecule has 2 heterocycles. The van der Waals surface area contributed by atoms with Gasteiger partial charge in [-0.05, 0) is 48.7 Å². The molecule has 0 radical (unpaired) electrons. The van der Waals surface area contributed by atoms with E-state index in [1.807, 2.05) is 12.1 Å². The number of nitrogens with one attached hydrogen (secondary N) is 3. The maximum absolute atomic E-state index is 12.0. The van der Waals surface area contributed by atoms with Gasteiger partial charge in [0.2, 0.25) is 5.91 Å². The minimum atomic E-state index is -0.291. The number of anilines is 3. The second-order valence-corrected chi connectivity index (χ2v) is 6.29. The standard InChI is InChI=1S/C19H23N5O2/c1-14(25)22-16-5-7-17(8-6-16)23-19(26)21-13-15-4-9-18(20-12-15)24-10-2-3-11-24/h4-9,12H,2-3,10-11,13H2,1H3,(H,22,25)(H2,21,23,26). The lowest BCUT2D eigenvalue weighted by Gasteiger charge is -2.16. The normalized spacial score (nSPS) is 13.3. The summed E-state index contributed by atoms with van der Waals surface area (Å²) in [4.78, 5) is 29.7. The molecular formula is C19H23N5O2. The topological polar surface area (TPSA) is 86.4 Å². The van der Waals surface area contributed by atoms with Crippen LogP contribution in [0.2, 0.25) is 0 Å². The van der Waals surface area contributed by atoms with E-state index in [2.05, 4.69) is 25.8 Å². The quantitative estimate of drug-likeness (QED) is 0.771. The van der Waals surface area contributed by atoms with Crippen LogP contribution in [-0.2, 0) is 11.3 Å². The van der Waals surface area contributed by atoms with Crippen LogP contribution in [0.1, 0.15) is 25.3 Å². The molecule has 3 amide bonds. The number of urea groups is 1. The molecule has 7 nitrogen and oxygen atoms in total. The molecule has 0 unspecified atom stereocenters. The summed E-state index contributed by atoms with van der Waals surface area (Å²) in [5.74, 6) is 0.864. The van der Waals surface area contributed by atoms with E-state index in [0.29, 0.717) is 17.9 Å². The van der Waals surface area contributed by atoms with Crippen LogP contribution in [-0.4, -0.2) is 30.0 Å². The second kappa shape index (κ2) is 8.33. The van der Waals surface area contributed by atoms with Crippen LogP contribution in [0.15, 0.2) is 42.6 Å². The Morgan fingerprint density at radius 1 is 1.00 bits per heavy atom. The van der Waals surface area contributed by atoms with E-state index in [9.17, 15) is 9.59 Å². The summed E-state index contributed by atoms with van der Waals surface area (Å²) in [6.45, 7) is 3.98. The summed E-state index contributed by atoms with van der Waals surface area (Å²) in [6, 6.07) is 10.6. The Morgan fingerprint density at radius 3 is 2.23 bits per heavy atom. The van der Waals surface area contributed by atoms with Gasteiger partial charge in [0.05, 0.1) is 0 Å². The molecule has 0 spiro atoms. The number of carbonyl (C=O) groups excluding carboxylic acids is 2. The predicted molar refractivity (Wildman–Crippen MR) is 102 cm³/mol. The fraction of sp³-hybridized carbons (Fsp3) is 0.316. The third kappa shape index (κ3) is 4.95. The third-order valence-corrected chi connectivity index (χ3v) is 4.16. The van der Waals surface area contributed by atoms with Gasteiger partial charge in [-0.15, -0.1) is 0 Å². The molecule has 3 N–H and O–H groups in total. The summed E-state index contributed by atoms with van der Waals surface area (Å²) in [5, 5.41) is 8.25. The number of benzene rings is 1. The largest absolute Gasteiger partial charge is 0.357 e. The van der Waals surface area contributed by atoms with E-state index < -0.39 is 0 Å². The summed E-state index contributed by atoms with van der Waals surface area (Å²) < 4.78 is 0. The van der Waals surface area contributed by atoms with Gasteiger partial charge < -0.3 is 20.9 Å². The Kier molecular flexibility index (Phi) is 5.68. The molecule has 2 aromatic rings. The second-order valence-electron chi connectivity index (χ2n) is 6.29. The number of aromatic nitrogens is 1. The molecule has 1 fully saturated rings. The van der Waals surface area contributed by atoms with E-state index >= 15 is 0 Å². The van der Waals surface area contributed by atoms with Crippen LogP contribution < -0.4 is 20.9 Å². The third-order valence-electron chi connectivity index (χ3n) is 4.16. The highest BCUT2D eigenvalue weighted by molar-refractivity contribution is 5.91. The maximum atomic E-state index is 12.0. The van der Waals surface area contributed by atoms with Crippen LogP contribution in [0.25, 0.3) is 0 Å². The van der Waals surface area contributed by atoms with E-state index in [-0.39, 0.29) is 11.9 Å². The average molecular weight is 353 g/mol. The smallest absolute Gasteiger partial charge is 0.319 e. The fourth-order valence-electron chi connectivity index (χ4n) is 2.85. The molecular weight excluding hydrogens is 330 g/mol. The molecule has 136 valence electrons. The van der Waals surface area contributed by atoms with Gasteiger partial charge in [-0.3, -0.25) is 4.79 Å². The van der Waals surface area contributed by atoms with E-state index in [1.54, 1.807) is 30.5 Å². The lowest BCUT2D eigenvalue weighted by molar-refractivity contribution is -0.114. The SMILES string of the molecule is CC(=O)Nc1ccc(NC(=O)NCc2ccc(N3CCCC3)nc2)cc1. The first-order chi connectivity index (χ1) is 12.6. The zero-order valence-corrected chi connectivity index (χ0v) is 14.8. The predicted octanol–water partition coefficient (Wildman–Crippen LogP) is 2.96. The van der Waals surface area contributed by atoms with Crippen molar-refractivity contribution < 1.29 is 9.59 Å². The summed E-state index contributed by atoms with van der Waals surface area (Å²) in [7, 11) is 0. The first-order valence-electron chi connectivity index (χ1n) is 8.72. The van der Waals surface area contributed by atoms with Crippen molar-refractivity contribution in [3.8, 4) is 0 Å². The van der Waals surface area contributed by atoms with Crippen molar-refractivity contribution in [1.29, 1.82) is 0 Å². The Bertz CT molecular complexity index is 753. The van der Waals surface area contributed by atoms with Crippen molar-refractivity contribution >= 4 is 29.1 Å². The highest BCUT2D eigenvalue weighted by atomic mass is 16.2. The number of amides is 3. The Balaban J connectivity index is 1.46. The van der Waals surface area contributed by atoms with Crippen molar-refractivity contribution in [2.45, 2.75) is 26.3 Å². The molecule has 0 saturated carbocycles. The zero-order valence-electron chi connectivity index (χ0n) is 14.8. The van der Waals surface area contributed by atoms with Crippen LogP contribution in [0, 0.1) is 0 Å². The van der Waals surface area contributed by atoms with Gasteiger partial charge in [0.15, 0.2) is 0 Å². The van der Waals surface area contributed by atoms with Gasteiger partial charge in [0.25, 0.3) is 0 Å². The molecule has 3 rings (SSSR count). The number of nitrogens with zero attached hydrogens (tertiary/aromatic N) is 2. The monoisotopic (exact) mass is 353 g/mol. The van der Waals surface area contributed by atoms with Crippen LogP contribution in [0.5, 0.6) is 0 Å². The van der Waals surface area contributed by atoms with Crippen LogP contribution >= 0.6 is 0 Å². The van der Waals surface area contributed by atoms with Gasteiger partial charge in [-0.2, -0.15) is 0 Å². The molecule has 0 atom stereocenters. The lowest BCUT2D eigenvalue weighted by Crippen LogP contribution is -2.28. The zero-order chi connectivity index (χ0) is 18.4. The molecule has 0 aliphatic carbocycles. The minimum absolute atomic E-state index is 0.132. The summed E-state index contributed by atoms with van der Waals surface area (Å²) in [6.07, 6.45) is 4.24. The highest BCUT2D eigenvalue weighted by Crippen LogP contribution is 2.17. The molecule has 1 aliphatic heterocycles. The molecule has 1 aliphatic rings. The lowest BCUT2D eigenvalue weighted by atomic mass is 10.2. The molecule has 7 heteroatoms. The Hall–Kier alpha value is -3.09. The number of carbonyl (C=O) groups is 2. The van der Waals surface area contributed by atoms with Crippen LogP contribution in [0.4, 0.5) is 22.0 Å². The number of rotatable bonds is 5. The van der Waals surface area contributed by atoms with Crippen molar-refractivity contribution in [3.63, 3.8) is 0 Å². The summed E-state index contributed by atoms with van der Waals surface area (Å²) in [5.41, 5.74) is 2.29. The maximum Gasteiger partial charge on any atom is 0.319 e. The molecule has 1 aromatic heterocycles. The van der Waals surface area contributed by atoms with Gasteiger partial charge in [0, 0.05) is 44.1 Å². The van der Waals surface area contributed by atoms with E-state index in [0.717, 1.165) is 24.5 Å². The first-order valence-corrected chi connectivity index (χ1v) is 8.72. The average Bonchev–Trinajstić information content (AvgIpc) is 3.16. The minimum Gasteiger partial charge on any atom is -0.357 e. The Labute approximate surface area is 152 Å². The van der Waals surface area contributed by atoms with Gasteiger partial charge in [-0.1, -0.05) is 6.07 Å². The van der Waals surface area contributed by atoms with E-state index in [4.69, 9.17) is 0 Å². The van der Waals surface area contributed by atoms with Gasteiger partial charge in [0.1, 0.15) is 5.82 Å². The molecule has 1 saturated heterocycles. The van der Waals surface area contributed by atoms with Gasteiger partial charge >= 0.3 is 6.03 Å². The number of hydrogen-bond donors (Lipinski definition) is 3. The first kappa shape index (κ1) is 17.7. The van der Waals surface area contributed by atoms with Crippen molar-refractivity contribution in [2.75, 3.05) is 28.6 Å². The molecule has 1 aromatic carbocycles. The van der Waals surface area contributed by atoms with Crippen molar-refractivity contribution in [2.24, 2.45) is 0 Å². The number of hydrogen-bond acceptors (Lipinski definition) is 4. The highest BCUT2D eigenvalue weighted by Gasteiger charge is 2.13. The molecule has 26 heavy (non-hydrogen) atoms. The number of pyridine rings is 1. The van der Waals surface area contributed by atoms with Gasteiger partial charge in [-0.25, -0.2) is 9.78 Å². The fourth-order valence-corrected chi connectivity index (χ4v) is 2.85. The van der Waals surface area contributed by atoms with Crippen molar-refractivity contribution in [3.05, 3.63) is 48.2 Å². The Morgan fingerprint density at radius 2 is 1.65 bits per heavy atom. The summed E-state index contributed by atoms with van der Waals surface area (Å²) >= 11 is 0. The van der Waals surface area contributed by atoms with Crippen LogP contribution in [0.3, 0.4) is 0 Å².